The van der Waals surface area contributed by atoms with Gasteiger partial charge in [-0.1, -0.05) is 58.3 Å². The second kappa shape index (κ2) is 9.08. The Kier molecular flexibility index (Phi) is 7.52. The summed E-state index contributed by atoms with van der Waals surface area (Å²) in [5.74, 6) is 0.197. The summed E-state index contributed by atoms with van der Waals surface area (Å²) in [7, 11) is 0. The number of unbranched alkanes of at least 4 members (excludes halogenated alkanes) is 8. The van der Waals surface area contributed by atoms with E-state index in [0.717, 1.165) is 12.8 Å². The Morgan fingerprint density at radius 1 is 1.06 bits per heavy atom. The predicted octanol–water partition coefficient (Wildman–Crippen LogP) is 4.28. The van der Waals surface area contributed by atoms with E-state index >= 15 is 0 Å². The minimum absolute atomic E-state index is 0.170. The third-order valence-corrected chi connectivity index (χ3v) is 2.91. The van der Waals surface area contributed by atoms with Gasteiger partial charge in [-0.15, -0.1) is 0 Å². The Balaban J connectivity index is 1.74. The molecule has 0 spiro atoms. The zero-order valence-corrected chi connectivity index (χ0v) is 10.9. The van der Waals surface area contributed by atoms with Gasteiger partial charge in [-0.2, -0.15) is 0 Å². The van der Waals surface area contributed by atoms with Gasteiger partial charge in [0.2, 0.25) is 0 Å². The third-order valence-electron chi connectivity index (χ3n) is 2.91. The molecule has 0 aromatic carbocycles. The third kappa shape index (κ3) is 8.78. The normalized spacial score (nSPS) is 12.9. The summed E-state index contributed by atoms with van der Waals surface area (Å²) in [6.07, 6.45) is 13.3. The molecule has 3 heteroatoms. The second-order valence-electron chi connectivity index (χ2n) is 4.61. The standard InChI is InChI=1S/C14H24O3/c1-2-3-4-5-6-7-8-9-10-11-13(15)17-14-12-16-14/h12H,2-11H2,1H3. The van der Waals surface area contributed by atoms with Crippen molar-refractivity contribution in [3.05, 3.63) is 12.2 Å². The molecule has 0 unspecified atom stereocenters. The molecule has 0 amide bonds. The zero-order chi connectivity index (χ0) is 12.3. The topological polar surface area (TPSA) is 38.8 Å². The summed E-state index contributed by atoms with van der Waals surface area (Å²) in [6, 6.07) is 0. The van der Waals surface area contributed by atoms with Crippen LogP contribution >= 0.6 is 0 Å². The van der Waals surface area contributed by atoms with Crippen molar-refractivity contribution in [1.29, 1.82) is 0 Å². The quantitative estimate of drug-likeness (QED) is 0.399. The molecular weight excluding hydrogens is 216 g/mol. The van der Waals surface area contributed by atoms with E-state index in [1.807, 2.05) is 0 Å². The van der Waals surface area contributed by atoms with Gasteiger partial charge in [0.25, 0.3) is 0 Å². The van der Waals surface area contributed by atoms with Crippen LogP contribution in [0.3, 0.4) is 0 Å². The Morgan fingerprint density at radius 3 is 2.12 bits per heavy atom. The highest BCUT2D eigenvalue weighted by Crippen LogP contribution is 2.16. The molecule has 1 rings (SSSR count). The van der Waals surface area contributed by atoms with Crippen molar-refractivity contribution < 1.29 is 14.3 Å². The summed E-state index contributed by atoms with van der Waals surface area (Å²) in [6.45, 7) is 2.24. The number of hydrogen-bond donors (Lipinski definition) is 0. The molecule has 0 fully saturated rings. The van der Waals surface area contributed by atoms with Crippen molar-refractivity contribution in [2.45, 2.75) is 71.1 Å². The molecule has 0 radical (unpaired) electrons. The molecule has 0 aromatic rings. The number of esters is 1. The highest BCUT2D eigenvalue weighted by molar-refractivity contribution is 5.70. The molecule has 3 nitrogen and oxygen atoms in total. The van der Waals surface area contributed by atoms with Crippen LogP contribution in [-0.2, 0) is 14.3 Å². The first kappa shape index (κ1) is 14.1. The van der Waals surface area contributed by atoms with Crippen molar-refractivity contribution >= 4 is 5.97 Å². The lowest BCUT2D eigenvalue weighted by Crippen LogP contribution is -2.00. The van der Waals surface area contributed by atoms with E-state index in [1.54, 1.807) is 0 Å². The van der Waals surface area contributed by atoms with E-state index in [1.165, 1.54) is 51.2 Å². The van der Waals surface area contributed by atoms with Gasteiger partial charge < -0.3 is 9.47 Å². The molecule has 0 saturated carbocycles. The SMILES string of the molecule is CCCCCCCCCCCC(=O)OC1=CO1. The highest BCUT2D eigenvalue weighted by Gasteiger charge is 2.16. The van der Waals surface area contributed by atoms with Crippen LogP contribution < -0.4 is 0 Å². The second-order valence-corrected chi connectivity index (χ2v) is 4.61. The van der Waals surface area contributed by atoms with Crippen molar-refractivity contribution in [3.8, 4) is 0 Å². The van der Waals surface area contributed by atoms with E-state index in [-0.39, 0.29) is 5.97 Å². The number of rotatable bonds is 11. The maximum atomic E-state index is 11.2. The van der Waals surface area contributed by atoms with Gasteiger partial charge in [0.1, 0.15) is 0 Å². The smallest absolute Gasteiger partial charge is 0.329 e. The molecule has 98 valence electrons. The Morgan fingerprint density at radius 2 is 1.59 bits per heavy atom. The molecule has 0 atom stereocenters. The van der Waals surface area contributed by atoms with Gasteiger partial charge in [-0.25, -0.2) is 0 Å². The minimum Gasteiger partial charge on any atom is -0.424 e. The van der Waals surface area contributed by atoms with Crippen molar-refractivity contribution in [2.24, 2.45) is 0 Å². The molecular formula is C14H24O3. The maximum absolute atomic E-state index is 11.2. The first-order chi connectivity index (χ1) is 8.33. The lowest BCUT2D eigenvalue weighted by molar-refractivity contribution is -0.140. The first-order valence-electron chi connectivity index (χ1n) is 6.90. The molecule has 0 N–H and O–H groups in total. The van der Waals surface area contributed by atoms with Gasteiger partial charge >= 0.3 is 11.9 Å². The van der Waals surface area contributed by atoms with Crippen LogP contribution in [0.15, 0.2) is 12.2 Å². The summed E-state index contributed by atoms with van der Waals surface area (Å²) in [4.78, 5) is 11.2. The number of carbonyl (C=O) groups excluding carboxylic acids is 1. The largest absolute Gasteiger partial charge is 0.424 e. The summed E-state index contributed by atoms with van der Waals surface area (Å²) in [5.41, 5.74) is 0. The summed E-state index contributed by atoms with van der Waals surface area (Å²) in [5, 5.41) is 0. The van der Waals surface area contributed by atoms with Crippen molar-refractivity contribution in [2.75, 3.05) is 0 Å². The first-order valence-corrected chi connectivity index (χ1v) is 6.90. The maximum Gasteiger partial charge on any atom is 0.329 e. The fourth-order valence-corrected chi connectivity index (χ4v) is 1.82. The number of carbonyl (C=O) groups is 1. The van der Waals surface area contributed by atoms with Gasteiger partial charge in [0.15, 0.2) is 6.26 Å². The van der Waals surface area contributed by atoms with Crippen molar-refractivity contribution in [1.82, 2.24) is 0 Å². The van der Waals surface area contributed by atoms with Gasteiger partial charge in [-0.05, 0) is 6.42 Å². The minimum atomic E-state index is -0.170. The Bertz CT molecular complexity index is 246. The monoisotopic (exact) mass is 240 g/mol. The summed E-state index contributed by atoms with van der Waals surface area (Å²) >= 11 is 0. The molecule has 17 heavy (non-hydrogen) atoms. The lowest BCUT2D eigenvalue weighted by Gasteiger charge is -2.01. The Labute approximate surface area is 104 Å². The van der Waals surface area contributed by atoms with Crippen LogP contribution in [0.4, 0.5) is 0 Å². The van der Waals surface area contributed by atoms with Gasteiger partial charge in [-0.3, -0.25) is 4.79 Å². The van der Waals surface area contributed by atoms with Crippen molar-refractivity contribution in [3.63, 3.8) is 0 Å². The van der Waals surface area contributed by atoms with Crippen LogP contribution in [-0.4, -0.2) is 5.97 Å². The molecule has 0 aromatic heterocycles. The highest BCUT2D eigenvalue weighted by atomic mass is 16.7. The number of ether oxygens (including phenoxy) is 2. The van der Waals surface area contributed by atoms with Gasteiger partial charge in [0, 0.05) is 6.42 Å². The Hall–Kier alpha value is -0.990. The molecule has 1 aliphatic rings. The van der Waals surface area contributed by atoms with E-state index < -0.39 is 0 Å². The van der Waals surface area contributed by atoms with Crippen LogP contribution in [0, 0.1) is 0 Å². The molecule has 0 saturated heterocycles. The fourth-order valence-electron chi connectivity index (χ4n) is 1.82. The average molecular weight is 240 g/mol. The lowest BCUT2D eigenvalue weighted by atomic mass is 10.1. The average Bonchev–Trinajstić information content (AvgIpc) is 3.11. The number of hydrogen-bond acceptors (Lipinski definition) is 3. The van der Waals surface area contributed by atoms with Crippen LogP contribution in [0.2, 0.25) is 0 Å². The fraction of sp³-hybridized carbons (Fsp3) is 0.786. The van der Waals surface area contributed by atoms with E-state index in [4.69, 9.17) is 4.74 Å². The summed E-state index contributed by atoms with van der Waals surface area (Å²) < 4.78 is 9.45. The van der Waals surface area contributed by atoms with E-state index in [0.29, 0.717) is 12.4 Å². The van der Waals surface area contributed by atoms with E-state index in [2.05, 4.69) is 11.7 Å². The molecule has 0 bridgehead atoms. The van der Waals surface area contributed by atoms with Crippen LogP contribution in [0.1, 0.15) is 71.1 Å². The van der Waals surface area contributed by atoms with E-state index in [9.17, 15) is 4.79 Å². The van der Waals surface area contributed by atoms with Crippen LogP contribution in [0.25, 0.3) is 0 Å². The molecule has 1 heterocycles. The predicted molar refractivity (Wildman–Crippen MR) is 67.1 cm³/mol. The van der Waals surface area contributed by atoms with Gasteiger partial charge in [0.05, 0.1) is 0 Å². The zero-order valence-electron chi connectivity index (χ0n) is 10.9. The van der Waals surface area contributed by atoms with Crippen LogP contribution in [0.5, 0.6) is 0 Å². The molecule has 1 aliphatic heterocycles. The molecule has 0 aliphatic carbocycles.